The molecular weight excluding hydrogens is 418 g/mol. The third-order valence-corrected chi connectivity index (χ3v) is 6.29. The summed E-state index contributed by atoms with van der Waals surface area (Å²) in [6.07, 6.45) is 1.54. The number of benzene rings is 1. The number of urea groups is 1. The van der Waals surface area contributed by atoms with Crippen LogP contribution in [-0.4, -0.2) is 67.8 Å². The molecule has 0 spiro atoms. The van der Waals surface area contributed by atoms with Gasteiger partial charge in [-0.3, -0.25) is 4.79 Å². The van der Waals surface area contributed by atoms with Crippen LogP contribution in [0.4, 0.5) is 10.5 Å². The van der Waals surface area contributed by atoms with Crippen molar-refractivity contribution < 1.29 is 14.3 Å². The number of nitrogens with zero attached hydrogens (tertiary/aromatic N) is 3. The van der Waals surface area contributed by atoms with Crippen LogP contribution in [0.15, 0.2) is 24.3 Å². The number of aryl methyl sites for hydroxylation is 1. The van der Waals surface area contributed by atoms with Gasteiger partial charge in [-0.05, 0) is 36.5 Å². The Bertz CT molecular complexity index is 875. The Morgan fingerprint density at radius 2 is 1.85 bits per heavy atom. The maximum absolute atomic E-state index is 13.3. The van der Waals surface area contributed by atoms with Gasteiger partial charge in [0.05, 0.1) is 19.3 Å². The molecule has 0 aliphatic carbocycles. The highest BCUT2D eigenvalue weighted by molar-refractivity contribution is 5.88. The number of nitriles is 1. The molecule has 180 valence electrons. The lowest BCUT2D eigenvalue weighted by Crippen LogP contribution is -2.60. The van der Waals surface area contributed by atoms with Gasteiger partial charge in [-0.15, -0.1) is 0 Å². The number of carbonyl (C=O) groups excluding carboxylic acids is 2. The van der Waals surface area contributed by atoms with Gasteiger partial charge in [0.2, 0.25) is 5.91 Å². The van der Waals surface area contributed by atoms with Crippen molar-refractivity contribution in [2.24, 2.45) is 5.41 Å². The van der Waals surface area contributed by atoms with E-state index in [9.17, 15) is 14.9 Å². The van der Waals surface area contributed by atoms with Crippen LogP contribution in [-0.2, 0) is 9.53 Å². The quantitative estimate of drug-likeness (QED) is 0.712. The number of nitrogens with one attached hydrogen (secondary N) is 2. The summed E-state index contributed by atoms with van der Waals surface area (Å²) in [5.74, 6) is -0.294. The van der Waals surface area contributed by atoms with Gasteiger partial charge in [-0.1, -0.05) is 32.9 Å². The molecule has 8 nitrogen and oxygen atoms in total. The normalized spacial score (nSPS) is 19.4. The van der Waals surface area contributed by atoms with E-state index in [0.29, 0.717) is 58.7 Å². The van der Waals surface area contributed by atoms with Crippen molar-refractivity contribution in [3.8, 4) is 6.07 Å². The van der Waals surface area contributed by atoms with Crippen LogP contribution >= 0.6 is 0 Å². The van der Waals surface area contributed by atoms with Crippen molar-refractivity contribution in [1.29, 1.82) is 5.26 Å². The van der Waals surface area contributed by atoms with E-state index in [0.717, 1.165) is 5.69 Å². The molecule has 3 rings (SSSR count). The molecule has 1 aromatic carbocycles. The second-order valence-electron chi connectivity index (χ2n) is 10.4. The molecule has 1 aromatic rings. The van der Waals surface area contributed by atoms with E-state index in [-0.39, 0.29) is 17.4 Å². The summed E-state index contributed by atoms with van der Waals surface area (Å²) in [4.78, 5) is 30.0. The molecule has 2 fully saturated rings. The minimum Gasteiger partial charge on any atom is -0.378 e. The molecule has 3 amide bonds. The number of ether oxygens (including phenoxy) is 1. The zero-order valence-electron chi connectivity index (χ0n) is 20.3. The third kappa shape index (κ3) is 6.84. The summed E-state index contributed by atoms with van der Waals surface area (Å²) in [6.45, 7) is 11.5. The van der Waals surface area contributed by atoms with Crippen LogP contribution < -0.4 is 15.5 Å². The Morgan fingerprint density at radius 1 is 1.18 bits per heavy atom. The lowest BCUT2D eigenvalue weighted by atomic mass is 9.85. The lowest BCUT2D eigenvalue weighted by Gasteiger charge is -2.40. The molecular formula is C25H37N5O3. The van der Waals surface area contributed by atoms with Crippen LogP contribution in [0.3, 0.4) is 0 Å². The van der Waals surface area contributed by atoms with Crippen molar-refractivity contribution in [1.82, 2.24) is 15.5 Å². The van der Waals surface area contributed by atoms with Crippen LogP contribution in [0, 0.1) is 23.7 Å². The van der Waals surface area contributed by atoms with Gasteiger partial charge >= 0.3 is 6.03 Å². The van der Waals surface area contributed by atoms with E-state index in [1.807, 2.05) is 26.8 Å². The minimum absolute atomic E-state index is 0.172. The Kier molecular flexibility index (Phi) is 7.85. The molecule has 1 atom stereocenters. The molecule has 33 heavy (non-hydrogen) atoms. The number of hydrogen-bond donors (Lipinski definition) is 2. The number of amides is 3. The zero-order chi connectivity index (χ0) is 24.1. The molecule has 2 heterocycles. The predicted octanol–water partition coefficient (Wildman–Crippen LogP) is 2.82. The van der Waals surface area contributed by atoms with E-state index < -0.39 is 11.6 Å². The second kappa shape index (κ2) is 10.4. The summed E-state index contributed by atoms with van der Waals surface area (Å²) in [5.41, 5.74) is 1.22. The van der Waals surface area contributed by atoms with E-state index in [4.69, 9.17) is 4.74 Å². The van der Waals surface area contributed by atoms with Crippen molar-refractivity contribution in [2.45, 2.75) is 58.5 Å². The molecule has 2 aliphatic heterocycles. The monoisotopic (exact) mass is 455 g/mol. The van der Waals surface area contributed by atoms with E-state index in [1.54, 1.807) is 4.90 Å². The summed E-state index contributed by atoms with van der Waals surface area (Å²) in [5, 5.41) is 15.9. The molecule has 8 heteroatoms. The third-order valence-electron chi connectivity index (χ3n) is 6.29. The summed E-state index contributed by atoms with van der Waals surface area (Å²) in [7, 11) is 0. The fraction of sp³-hybridized carbons (Fsp3) is 0.640. The number of anilines is 1. The number of carbonyl (C=O) groups is 2. The van der Waals surface area contributed by atoms with Gasteiger partial charge in [-0.25, -0.2) is 4.79 Å². The van der Waals surface area contributed by atoms with Crippen LogP contribution in [0.25, 0.3) is 0 Å². The molecule has 0 aromatic heterocycles. The van der Waals surface area contributed by atoms with Gasteiger partial charge in [0.25, 0.3) is 0 Å². The number of piperidine rings is 1. The lowest BCUT2D eigenvalue weighted by molar-refractivity contribution is -0.125. The van der Waals surface area contributed by atoms with Gasteiger partial charge in [-0.2, -0.15) is 5.26 Å². The highest BCUT2D eigenvalue weighted by Gasteiger charge is 2.39. The molecule has 2 N–H and O–H groups in total. The number of rotatable bonds is 5. The fourth-order valence-corrected chi connectivity index (χ4v) is 4.39. The maximum Gasteiger partial charge on any atom is 0.318 e. The van der Waals surface area contributed by atoms with Crippen molar-refractivity contribution in [3.05, 3.63) is 29.8 Å². The first-order valence-corrected chi connectivity index (χ1v) is 11.8. The Balaban J connectivity index is 1.66. The molecule has 2 saturated heterocycles. The van der Waals surface area contributed by atoms with Crippen LogP contribution in [0.5, 0.6) is 0 Å². The first-order valence-electron chi connectivity index (χ1n) is 11.8. The Hall–Kier alpha value is -2.79. The molecule has 0 radical (unpaired) electrons. The van der Waals surface area contributed by atoms with E-state index in [1.165, 1.54) is 5.56 Å². The minimum atomic E-state index is -0.933. The van der Waals surface area contributed by atoms with Crippen LogP contribution in [0.1, 0.15) is 45.6 Å². The SMILES string of the molecule is Cc1cccc(N2CCC(C#N)(NC(=O)C(CC(C)(C)C)NC(=O)N3CCOCC3)CC2)c1. The average Bonchev–Trinajstić information content (AvgIpc) is 2.78. The van der Waals surface area contributed by atoms with Crippen molar-refractivity contribution in [2.75, 3.05) is 44.3 Å². The first-order chi connectivity index (χ1) is 15.6. The van der Waals surface area contributed by atoms with Crippen molar-refractivity contribution >= 4 is 17.6 Å². The zero-order valence-corrected chi connectivity index (χ0v) is 20.3. The van der Waals surface area contributed by atoms with Crippen molar-refractivity contribution in [3.63, 3.8) is 0 Å². The average molecular weight is 456 g/mol. The molecule has 1 unspecified atom stereocenters. The highest BCUT2D eigenvalue weighted by atomic mass is 16.5. The summed E-state index contributed by atoms with van der Waals surface area (Å²) in [6, 6.07) is 9.71. The first kappa shape index (κ1) is 24.8. The second-order valence-corrected chi connectivity index (χ2v) is 10.4. The summed E-state index contributed by atoms with van der Waals surface area (Å²) >= 11 is 0. The molecule has 0 saturated carbocycles. The molecule has 2 aliphatic rings. The number of morpholine rings is 1. The van der Waals surface area contributed by atoms with Gasteiger partial charge < -0.3 is 25.2 Å². The van der Waals surface area contributed by atoms with Gasteiger partial charge in [0.1, 0.15) is 11.6 Å². The largest absolute Gasteiger partial charge is 0.378 e. The Morgan fingerprint density at radius 3 is 2.42 bits per heavy atom. The maximum atomic E-state index is 13.3. The van der Waals surface area contributed by atoms with Crippen LogP contribution in [0.2, 0.25) is 0 Å². The fourth-order valence-electron chi connectivity index (χ4n) is 4.39. The number of hydrogen-bond acceptors (Lipinski definition) is 5. The smallest absolute Gasteiger partial charge is 0.318 e. The Labute approximate surface area is 197 Å². The predicted molar refractivity (Wildman–Crippen MR) is 128 cm³/mol. The van der Waals surface area contributed by atoms with Gasteiger partial charge in [0.15, 0.2) is 0 Å². The summed E-state index contributed by atoms with van der Waals surface area (Å²) < 4.78 is 5.32. The van der Waals surface area contributed by atoms with Gasteiger partial charge in [0, 0.05) is 44.7 Å². The standard InChI is InChI=1S/C25H37N5O3/c1-19-6-5-7-20(16-19)29-10-8-25(18-26,9-11-29)28-22(31)21(17-24(2,3)4)27-23(32)30-12-14-33-15-13-30/h5-7,16,21H,8-15,17H2,1-4H3,(H,27,32)(H,28,31). The van der Waals surface area contributed by atoms with E-state index >= 15 is 0 Å². The van der Waals surface area contributed by atoms with E-state index in [2.05, 4.69) is 46.7 Å². The highest BCUT2D eigenvalue weighted by Crippen LogP contribution is 2.28. The topological polar surface area (TPSA) is 97.7 Å². The molecule has 0 bridgehead atoms.